The van der Waals surface area contributed by atoms with Gasteiger partial charge in [0, 0.05) is 63.8 Å². The van der Waals surface area contributed by atoms with E-state index in [9.17, 15) is 8.42 Å². The minimum atomic E-state index is -3.65. The summed E-state index contributed by atoms with van der Waals surface area (Å²) in [6, 6.07) is 7.73. The van der Waals surface area contributed by atoms with Gasteiger partial charge in [-0.2, -0.15) is 4.98 Å². The van der Waals surface area contributed by atoms with Crippen LogP contribution in [0.5, 0.6) is 5.75 Å². The number of nitrogens with one attached hydrogen (secondary N) is 3. The number of benzene rings is 2. The molecule has 0 amide bonds. The van der Waals surface area contributed by atoms with Gasteiger partial charge >= 0.3 is 0 Å². The zero-order chi connectivity index (χ0) is 32.4. The highest BCUT2D eigenvalue weighted by Crippen LogP contribution is 2.40. The molecule has 6 rings (SSSR count). The molecule has 4 aromatic rings. The third-order valence-electron chi connectivity index (χ3n) is 8.30. The van der Waals surface area contributed by atoms with Gasteiger partial charge in [-0.05, 0) is 38.1 Å². The third kappa shape index (κ3) is 7.31. The molecule has 2 aromatic carbocycles. The van der Waals surface area contributed by atoms with E-state index in [4.69, 9.17) is 27.9 Å². The van der Waals surface area contributed by atoms with E-state index in [1.54, 1.807) is 19.2 Å². The van der Waals surface area contributed by atoms with Gasteiger partial charge in [-0.15, -0.1) is 0 Å². The van der Waals surface area contributed by atoms with E-state index in [0.717, 1.165) is 64.1 Å². The van der Waals surface area contributed by atoms with Gasteiger partial charge in [-0.25, -0.2) is 13.4 Å². The van der Waals surface area contributed by atoms with Crippen molar-refractivity contribution in [2.45, 2.75) is 18.9 Å². The number of aromatic nitrogens is 4. The number of hydrogen-bond donors (Lipinski definition) is 3. The maximum atomic E-state index is 12.2. The summed E-state index contributed by atoms with van der Waals surface area (Å²) in [6.45, 7) is 6.31. The molecule has 0 spiro atoms. The first-order valence-corrected chi connectivity index (χ1v) is 17.6. The van der Waals surface area contributed by atoms with Crippen LogP contribution >= 0.6 is 23.2 Å². The van der Waals surface area contributed by atoms with Gasteiger partial charge in [-0.3, -0.25) is 19.6 Å². The van der Waals surface area contributed by atoms with Gasteiger partial charge in [0.2, 0.25) is 16.0 Å². The van der Waals surface area contributed by atoms with Gasteiger partial charge < -0.3 is 25.2 Å². The van der Waals surface area contributed by atoms with Crippen molar-refractivity contribution >= 4 is 78.8 Å². The predicted molar refractivity (Wildman–Crippen MR) is 184 cm³/mol. The second kappa shape index (κ2) is 13.6. The molecule has 2 saturated heterocycles. The third-order valence-corrected chi connectivity index (χ3v) is 9.45. The molecule has 2 aliphatic rings. The summed E-state index contributed by atoms with van der Waals surface area (Å²) in [6.07, 6.45) is 7.69. The standard InChI is InChI=1S/C30H36Cl2N10O3S/c1-40-12-14-41(15-13-40)19-6-10-42(11-7-19)25-17-26(45-2)24(16-20(25)31)37-30-35-18-21(32)29(38-30)36-23-5-4-22-27(34-9-8-33-22)28(23)39-46(3,43)44/h4-5,8-9,16-19,39H,6-7,10-15H2,1-3H3,(H2,35,36,37,38). The largest absolute Gasteiger partial charge is 0.494 e. The molecule has 244 valence electrons. The summed E-state index contributed by atoms with van der Waals surface area (Å²) in [5, 5.41) is 7.11. The zero-order valence-electron chi connectivity index (χ0n) is 25.8. The van der Waals surface area contributed by atoms with E-state index in [1.165, 1.54) is 18.6 Å². The van der Waals surface area contributed by atoms with Crippen LogP contribution in [0.25, 0.3) is 11.0 Å². The normalized spacial score (nSPS) is 16.8. The SMILES string of the molecule is COc1cc(N2CCC(N3CCN(C)CC3)CC2)c(Cl)cc1Nc1ncc(Cl)c(Nc2ccc3nccnc3c2NS(C)(=O)=O)n1. The highest BCUT2D eigenvalue weighted by Gasteiger charge is 2.28. The maximum absolute atomic E-state index is 12.2. The zero-order valence-corrected chi connectivity index (χ0v) is 28.1. The van der Waals surface area contributed by atoms with Crippen LogP contribution in [0.1, 0.15) is 12.8 Å². The molecule has 4 heterocycles. The van der Waals surface area contributed by atoms with Crippen molar-refractivity contribution in [2.24, 2.45) is 0 Å². The molecule has 0 radical (unpaired) electrons. The topological polar surface area (TPSA) is 141 Å². The highest BCUT2D eigenvalue weighted by atomic mass is 35.5. The molecule has 3 N–H and O–H groups in total. The number of fused-ring (bicyclic) bond motifs is 1. The van der Waals surface area contributed by atoms with Crippen LogP contribution in [0.3, 0.4) is 0 Å². The van der Waals surface area contributed by atoms with E-state index in [1.807, 2.05) is 12.1 Å². The number of anilines is 6. The van der Waals surface area contributed by atoms with Crippen molar-refractivity contribution in [3.63, 3.8) is 0 Å². The van der Waals surface area contributed by atoms with Gasteiger partial charge in [-0.1, -0.05) is 23.2 Å². The van der Waals surface area contributed by atoms with E-state index in [2.05, 4.69) is 57.0 Å². The Morgan fingerprint density at radius 2 is 1.65 bits per heavy atom. The van der Waals surface area contributed by atoms with Crippen LogP contribution in [0, 0.1) is 0 Å². The van der Waals surface area contributed by atoms with Gasteiger partial charge in [0.15, 0.2) is 5.82 Å². The molecule has 46 heavy (non-hydrogen) atoms. The molecule has 0 aliphatic carbocycles. The average molecular weight is 688 g/mol. The highest BCUT2D eigenvalue weighted by molar-refractivity contribution is 7.92. The van der Waals surface area contributed by atoms with Crippen LogP contribution < -0.4 is 25.0 Å². The van der Waals surface area contributed by atoms with Crippen LogP contribution in [0.4, 0.5) is 34.5 Å². The molecule has 2 aliphatic heterocycles. The summed E-state index contributed by atoms with van der Waals surface area (Å²) < 4.78 is 32.7. The number of likely N-dealkylation sites (N-methyl/N-ethyl adjacent to an activating group) is 1. The first-order valence-electron chi connectivity index (χ1n) is 14.9. The molecule has 2 aromatic heterocycles. The fourth-order valence-electron chi connectivity index (χ4n) is 5.90. The number of piperazine rings is 1. The second-order valence-electron chi connectivity index (χ2n) is 11.5. The number of ether oxygens (including phenoxy) is 1. The maximum Gasteiger partial charge on any atom is 0.229 e. The number of piperidine rings is 1. The summed E-state index contributed by atoms with van der Waals surface area (Å²) in [5.74, 6) is 1.05. The summed E-state index contributed by atoms with van der Waals surface area (Å²) in [5.41, 5.74) is 2.98. The fraction of sp³-hybridized carbons (Fsp3) is 0.400. The Kier molecular flexibility index (Phi) is 9.52. The monoisotopic (exact) mass is 686 g/mol. The summed E-state index contributed by atoms with van der Waals surface area (Å²) >= 11 is 13.3. The Labute approximate surface area is 278 Å². The minimum Gasteiger partial charge on any atom is -0.494 e. The van der Waals surface area contributed by atoms with Crippen molar-refractivity contribution < 1.29 is 13.2 Å². The Bertz CT molecular complexity index is 1830. The molecule has 13 nitrogen and oxygen atoms in total. The lowest BCUT2D eigenvalue weighted by Crippen LogP contribution is -2.52. The van der Waals surface area contributed by atoms with Crippen molar-refractivity contribution in [2.75, 3.05) is 79.9 Å². The lowest BCUT2D eigenvalue weighted by atomic mass is 10.0. The Hall–Kier alpha value is -3.69. The molecule has 2 fully saturated rings. The average Bonchev–Trinajstić information content (AvgIpc) is 3.04. The van der Waals surface area contributed by atoms with Crippen molar-refractivity contribution in [3.8, 4) is 5.75 Å². The molecule has 0 atom stereocenters. The summed E-state index contributed by atoms with van der Waals surface area (Å²) in [7, 11) is 0.141. The minimum absolute atomic E-state index is 0.217. The molecule has 16 heteroatoms. The lowest BCUT2D eigenvalue weighted by molar-refractivity contribution is 0.0982. The fourth-order valence-corrected chi connectivity index (χ4v) is 6.90. The lowest BCUT2D eigenvalue weighted by Gasteiger charge is -2.42. The van der Waals surface area contributed by atoms with Crippen molar-refractivity contribution in [3.05, 3.63) is 52.9 Å². The van der Waals surface area contributed by atoms with Gasteiger partial charge in [0.1, 0.15) is 16.3 Å². The number of rotatable bonds is 9. The van der Waals surface area contributed by atoms with Crippen LogP contribution in [-0.2, 0) is 10.0 Å². The second-order valence-corrected chi connectivity index (χ2v) is 14.1. The molecule has 0 bridgehead atoms. The van der Waals surface area contributed by atoms with Crippen LogP contribution in [0.15, 0.2) is 42.9 Å². The van der Waals surface area contributed by atoms with E-state index in [0.29, 0.717) is 39.2 Å². The molecular weight excluding hydrogens is 651 g/mol. The molecule has 0 unspecified atom stereocenters. The van der Waals surface area contributed by atoms with E-state index < -0.39 is 10.0 Å². The van der Waals surface area contributed by atoms with Gasteiger partial charge in [0.05, 0.1) is 52.9 Å². The Balaban J connectivity index is 1.20. The molecular formula is C30H36Cl2N10O3S. The first kappa shape index (κ1) is 32.3. The Morgan fingerprint density at radius 3 is 2.37 bits per heavy atom. The number of halogens is 2. The van der Waals surface area contributed by atoms with Crippen molar-refractivity contribution in [1.29, 1.82) is 0 Å². The summed E-state index contributed by atoms with van der Waals surface area (Å²) in [4.78, 5) is 24.8. The number of hydrogen-bond acceptors (Lipinski definition) is 12. The van der Waals surface area contributed by atoms with E-state index >= 15 is 0 Å². The Morgan fingerprint density at radius 1 is 0.913 bits per heavy atom. The number of methoxy groups -OCH3 is 1. The van der Waals surface area contributed by atoms with Crippen LogP contribution in [0.2, 0.25) is 10.0 Å². The van der Waals surface area contributed by atoms with Crippen LogP contribution in [-0.4, -0.2) is 104 Å². The number of nitrogens with zero attached hydrogens (tertiary/aromatic N) is 7. The van der Waals surface area contributed by atoms with Crippen molar-refractivity contribution in [1.82, 2.24) is 29.7 Å². The first-order chi connectivity index (χ1) is 22.1. The number of sulfonamides is 1. The quantitative estimate of drug-likeness (QED) is 0.223. The van der Waals surface area contributed by atoms with Gasteiger partial charge in [0.25, 0.3) is 0 Å². The molecule has 0 saturated carbocycles. The predicted octanol–water partition coefficient (Wildman–Crippen LogP) is 4.81. The van der Waals surface area contributed by atoms with E-state index in [-0.39, 0.29) is 22.5 Å². The smallest absolute Gasteiger partial charge is 0.229 e.